The standard InChI is InChI=1S/C31H38N2O2/c1-3-21(2)24-10-14-29-25(17-24)18-27(33(29)20-22-7-5-4-6-8-22)13-16-31(35)32-26-12-9-23-11-15-30(34)28(23)19-26/h9-10,12-14,16-19,21-22,30,34H,3-8,11,15,20H2,1-2H3,(H,32,35)/b16-13+. The van der Waals surface area contributed by atoms with E-state index in [1.54, 1.807) is 6.08 Å². The van der Waals surface area contributed by atoms with Gasteiger partial charge in [-0.05, 0) is 97.0 Å². The van der Waals surface area contributed by atoms with Crippen molar-refractivity contribution in [1.29, 1.82) is 0 Å². The van der Waals surface area contributed by atoms with Gasteiger partial charge in [-0.1, -0.05) is 45.2 Å². The van der Waals surface area contributed by atoms with Gasteiger partial charge in [0.05, 0.1) is 6.10 Å². The topological polar surface area (TPSA) is 54.3 Å². The molecule has 2 N–H and O–H groups in total. The normalized spacial score (nSPS) is 19.3. The molecular formula is C31H38N2O2. The zero-order chi connectivity index (χ0) is 24.4. The molecule has 1 amide bonds. The van der Waals surface area contributed by atoms with Crippen molar-refractivity contribution in [2.24, 2.45) is 5.92 Å². The maximum Gasteiger partial charge on any atom is 0.248 e. The van der Waals surface area contributed by atoms with Gasteiger partial charge >= 0.3 is 0 Å². The summed E-state index contributed by atoms with van der Waals surface area (Å²) >= 11 is 0. The van der Waals surface area contributed by atoms with Gasteiger partial charge < -0.3 is 15.0 Å². The van der Waals surface area contributed by atoms with E-state index in [4.69, 9.17) is 0 Å². The Morgan fingerprint density at radius 1 is 1.11 bits per heavy atom. The Morgan fingerprint density at radius 3 is 2.74 bits per heavy atom. The number of benzene rings is 2. The summed E-state index contributed by atoms with van der Waals surface area (Å²) in [6.07, 6.45) is 12.6. The quantitative estimate of drug-likeness (QED) is 0.354. The van der Waals surface area contributed by atoms with E-state index in [9.17, 15) is 9.90 Å². The van der Waals surface area contributed by atoms with Crippen LogP contribution in [-0.2, 0) is 17.8 Å². The smallest absolute Gasteiger partial charge is 0.248 e. The predicted octanol–water partition coefficient (Wildman–Crippen LogP) is 7.37. The maximum absolute atomic E-state index is 12.8. The Kier molecular flexibility index (Phi) is 7.10. The van der Waals surface area contributed by atoms with Crippen LogP contribution in [0, 0.1) is 5.92 Å². The van der Waals surface area contributed by atoms with Gasteiger partial charge in [0.2, 0.25) is 5.91 Å². The Labute approximate surface area is 209 Å². The molecule has 1 saturated carbocycles. The molecule has 1 aromatic heterocycles. The van der Waals surface area contributed by atoms with Gasteiger partial charge in [-0.25, -0.2) is 0 Å². The van der Waals surface area contributed by atoms with Crippen molar-refractivity contribution in [3.8, 4) is 0 Å². The lowest BCUT2D eigenvalue weighted by Gasteiger charge is -2.23. The Morgan fingerprint density at radius 2 is 1.94 bits per heavy atom. The van der Waals surface area contributed by atoms with E-state index in [1.807, 2.05) is 24.3 Å². The summed E-state index contributed by atoms with van der Waals surface area (Å²) < 4.78 is 2.42. The van der Waals surface area contributed by atoms with Crippen molar-refractivity contribution in [1.82, 2.24) is 4.57 Å². The first-order valence-electron chi connectivity index (χ1n) is 13.4. The van der Waals surface area contributed by atoms with Crippen LogP contribution in [0.4, 0.5) is 5.69 Å². The molecule has 0 spiro atoms. The second-order valence-electron chi connectivity index (χ2n) is 10.6. The molecule has 2 unspecified atom stereocenters. The van der Waals surface area contributed by atoms with Crippen LogP contribution in [0.5, 0.6) is 0 Å². The molecule has 2 aliphatic carbocycles. The largest absolute Gasteiger partial charge is 0.388 e. The van der Waals surface area contributed by atoms with Crippen molar-refractivity contribution in [3.63, 3.8) is 0 Å². The molecule has 0 saturated heterocycles. The first-order valence-corrected chi connectivity index (χ1v) is 13.4. The monoisotopic (exact) mass is 470 g/mol. The Hall–Kier alpha value is -2.85. The fourth-order valence-electron chi connectivity index (χ4n) is 5.83. The lowest BCUT2D eigenvalue weighted by molar-refractivity contribution is -0.111. The number of nitrogens with zero attached hydrogens (tertiary/aromatic N) is 1. The molecule has 0 aliphatic heterocycles. The van der Waals surface area contributed by atoms with E-state index in [2.05, 4.69) is 48.0 Å². The minimum atomic E-state index is -0.423. The number of carbonyl (C=O) groups excluding carboxylic acids is 1. The van der Waals surface area contributed by atoms with E-state index in [1.165, 1.54) is 54.1 Å². The van der Waals surface area contributed by atoms with E-state index >= 15 is 0 Å². The zero-order valence-electron chi connectivity index (χ0n) is 21.1. The number of amides is 1. The number of aliphatic hydroxyl groups excluding tert-OH is 1. The van der Waals surface area contributed by atoms with E-state index < -0.39 is 6.10 Å². The highest BCUT2D eigenvalue weighted by molar-refractivity contribution is 6.02. The summed E-state index contributed by atoms with van der Waals surface area (Å²) in [4.78, 5) is 12.8. The number of anilines is 1. The number of nitrogens with one attached hydrogen (secondary N) is 1. The molecule has 2 aliphatic rings. The van der Waals surface area contributed by atoms with Gasteiger partial charge in [-0.15, -0.1) is 0 Å². The Bertz CT molecular complexity index is 1230. The summed E-state index contributed by atoms with van der Waals surface area (Å²) in [6, 6.07) is 15.0. The molecule has 0 radical (unpaired) electrons. The first kappa shape index (κ1) is 23.9. The van der Waals surface area contributed by atoms with E-state index in [0.29, 0.717) is 11.8 Å². The van der Waals surface area contributed by atoms with Crippen molar-refractivity contribution < 1.29 is 9.90 Å². The van der Waals surface area contributed by atoms with Crippen LogP contribution in [0.15, 0.2) is 48.5 Å². The highest BCUT2D eigenvalue weighted by Crippen LogP contribution is 2.33. The molecule has 3 aromatic rings. The highest BCUT2D eigenvalue weighted by atomic mass is 16.3. The van der Waals surface area contributed by atoms with Crippen molar-refractivity contribution in [3.05, 3.63) is 70.9 Å². The third-order valence-electron chi connectivity index (χ3n) is 8.17. The number of aliphatic hydroxyl groups is 1. The second-order valence-corrected chi connectivity index (χ2v) is 10.6. The molecule has 2 aromatic carbocycles. The van der Waals surface area contributed by atoms with Crippen LogP contribution in [0.1, 0.15) is 93.2 Å². The second kappa shape index (κ2) is 10.4. The van der Waals surface area contributed by atoms with Gasteiger partial charge in [0.25, 0.3) is 0 Å². The number of rotatable bonds is 7. The van der Waals surface area contributed by atoms with Crippen LogP contribution >= 0.6 is 0 Å². The molecule has 5 rings (SSSR count). The first-order chi connectivity index (χ1) is 17.0. The summed E-state index contributed by atoms with van der Waals surface area (Å²) in [5.41, 5.74) is 6.58. The van der Waals surface area contributed by atoms with Crippen molar-refractivity contribution >= 4 is 28.6 Å². The fourth-order valence-corrected chi connectivity index (χ4v) is 5.83. The molecule has 1 heterocycles. The van der Waals surface area contributed by atoms with Gasteiger partial charge in [-0.3, -0.25) is 4.79 Å². The molecule has 1 fully saturated rings. The van der Waals surface area contributed by atoms with Crippen LogP contribution in [0.25, 0.3) is 17.0 Å². The third kappa shape index (κ3) is 5.23. The number of hydrogen-bond donors (Lipinski definition) is 2. The van der Waals surface area contributed by atoms with E-state index in [-0.39, 0.29) is 5.91 Å². The van der Waals surface area contributed by atoms with Crippen LogP contribution in [0.3, 0.4) is 0 Å². The number of fused-ring (bicyclic) bond motifs is 2. The summed E-state index contributed by atoms with van der Waals surface area (Å²) in [7, 11) is 0. The summed E-state index contributed by atoms with van der Waals surface area (Å²) in [5.74, 6) is 1.09. The predicted molar refractivity (Wildman–Crippen MR) is 145 cm³/mol. The van der Waals surface area contributed by atoms with E-state index in [0.717, 1.165) is 42.8 Å². The molecule has 4 heteroatoms. The minimum absolute atomic E-state index is 0.146. The minimum Gasteiger partial charge on any atom is -0.388 e. The zero-order valence-corrected chi connectivity index (χ0v) is 21.1. The van der Waals surface area contributed by atoms with Crippen LogP contribution < -0.4 is 5.32 Å². The lowest BCUT2D eigenvalue weighted by atomic mass is 9.89. The van der Waals surface area contributed by atoms with Crippen molar-refractivity contribution in [2.45, 2.75) is 83.8 Å². The lowest BCUT2D eigenvalue weighted by Crippen LogP contribution is -2.15. The molecular weight excluding hydrogens is 432 g/mol. The van der Waals surface area contributed by atoms with Gasteiger partial charge in [0, 0.05) is 34.9 Å². The molecule has 35 heavy (non-hydrogen) atoms. The Balaban J connectivity index is 1.39. The number of carbonyl (C=O) groups is 1. The van der Waals surface area contributed by atoms with Crippen LogP contribution in [0.2, 0.25) is 0 Å². The molecule has 0 bridgehead atoms. The highest BCUT2D eigenvalue weighted by Gasteiger charge is 2.21. The maximum atomic E-state index is 12.8. The molecule has 184 valence electrons. The SMILES string of the molecule is CCC(C)c1ccc2c(c1)cc(/C=C/C(=O)Nc1ccc3c(c1)C(O)CC3)n2CC1CCCCC1. The summed E-state index contributed by atoms with van der Waals surface area (Å²) in [6.45, 7) is 5.52. The van der Waals surface area contributed by atoms with Crippen molar-refractivity contribution in [2.75, 3.05) is 5.32 Å². The van der Waals surface area contributed by atoms with Gasteiger partial charge in [0.1, 0.15) is 0 Å². The molecule has 4 nitrogen and oxygen atoms in total. The number of aryl methyl sites for hydroxylation is 1. The molecule has 2 atom stereocenters. The third-order valence-corrected chi connectivity index (χ3v) is 8.17. The average molecular weight is 471 g/mol. The number of hydrogen-bond acceptors (Lipinski definition) is 2. The van der Waals surface area contributed by atoms with Crippen LogP contribution in [-0.4, -0.2) is 15.6 Å². The fraction of sp³-hybridized carbons (Fsp3) is 0.452. The van der Waals surface area contributed by atoms with Gasteiger partial charge in [-0.2, -0.15) is 0 Å². The van der Waals surface area contributed by atoms with Gasteiger partial charge in [0.15, 0.2) is 0 Å². The summed E-state index contributed by atoms with van der Waals surface area (Å²) in [5, 5.41) is 14.4. The average Bonchev–Trinajstić information content (AvgIpc) is 3.42. The number of aromatic nitrogens is 1.